The van der Waals surface area contributed by atoms with E-state index in [0.717, 1.165) is 11.6 Å². The summed E-state index contributed by atoms with van der Waals surface area (Å²) in [6.07, 6.45) is 1.56. The third-order valence-electron chi connectivity index (χ3n) is 2.22. The Labute approximate surface area is 86.4 Å². The van der Waals surface area contributed by atoms with E-state index in [-0.39, 0.29) is 5.56 Å². The number of hydrogen-bond acceptors (Lipinski definition) is 1. The van der Waals surface area contributed by atoms with Crippen molar-refractivity contribution >= 4 is 0 Å². The molecule has 0 saturated heterocycles. The first-order chi connectivity index (χ1) is 7.20. The minimum atomic E-state index is -0.849. The van der Waals surface area contributed by atoms with Crippen LogP contribution >= 0.6 is 0 Å². The Bertz CT molecular complexity index is 495. The van der Waals surface area contributed by atoms with Crippen LogP contribution in [0, 0.1) is 18.6 Å². The van der Waals surface area contributed by atoms with Crippen molar-refractivity contribution < 1.29 is 8.78 Å². The molecule has 1 heterocycles. The van der Waals surface area contributed by atoms with E-state index in [4.69, 9.17) is 0 Å². The van der Waals surface area contributed by atoms with Crippen LogP contribution in [0.25, 0.3) is 11.3 Å². The first kappa shape index (κ1) is 9.77. The number of pyridine rings is 1. The van der Waals surface area contributed by atoms with Crippen molar-refractivity contribution in [3.8, 4) is 11.3 Å². The Morgan fingerprint density at radius 2 is 1.87 bits per heavy atom. The lowest BCUT2D eigenvalue weighted by atomic mass is 10.1. The maximum absolute atomic E-state index is 13.5. The van der Waals surface area contributed by atoms with Gasteiger partial charge in [0.1, 0.15) is 0 Å². The molecule has 15 heavy (non-hydrogen) atoms. The summed E-state index contributed by atoms with van der Waals surface area (Å²) in [5.74, 6) is -1.70. The van der Waals surface area contributed by atoms with Crippen LogP contribution in [0.15, 0.2) is 36.5 Å². The Hall–Kier alpha value is -1.77. The summed E-state index contributed by atoms with van der Waals surface area (Å²) < 4.78 is 26.4. The number of benzene rings is 1. The third kappa shape index (κ3) is 1.73. The average molecular weight is 205 g/mol. The summed E-state index contributed by atoms with van der Waals surface area (Å²) in [6, 6.07) is 7.66. The molecule has 0 aliphatic rings. The molecule has 1 nitrogen and oxygen atoms in total. The zero-order chi connectivity index (χ0) is 10.8. The van der Waals surface area contributed by atoms with Crippen LogP contribution in [0.1, 0.15) is 5.56 Å². The van der Waals surface area contributed by atoms with Gasteiger partial charge in [0.2, 0.25) is 0 Å². The van der Waals surface area contributed by atoms with Gasteiger partial charge in [-0.2, -0.15) is 0 Å². The van der Waals surface area contributed by atoms with E-state index in [0.29, 0.717) is 5.69 Å². The van der Waals surface area contributed by atoms with Crippen molar-refractivity contribution in [3.05, 3.63) is 53.7 Å². The highest BCUT2D eigenvalue weighted by Gasteiger charge is 2.11. The second-order valence-corrected chi connectivity index (χ2v) is 3.27. The van der Waals surface area contributed by atoms with Gasteiger partial charge >= 0.3 is 0 Å². The Morgan fingerprint density at radius 3 is 2.60 bits per heavy atom. The number of aryl methyl sites for hydroxylation is 1. The van der Waals surface area contributed by atoms with Crippen molar-refractivity contribution in [1.82, 2.24) is 4.98 Å². The molecule has 76 valence electrons. The molecule has 1 aromatic carbocycles. The van der Waals surface area contributed by atoms with Crippen LogP contribution in [0.5, 0.6) is 0 Å². The predicted octanol–water partition coefficient (Wildman–Crippen LogP) is 3.34. The fourth-order valence-electron chi connectivity index (χ4n) is 1.45. The lowest BCUT2D eigenvalue weighted by molar-refractivity contribution is 0.511. The Kier molecular flexibility index (Phi) is 2.46. The van der Waals surface area contributed by atoms with Crippen LogP contribution in [-0.4, -0.2) is 4.98 Å². The lowest BCUT2D eigenvalue weighted by Crippen LogP contribution is -1.93. The fourth-order valence-corrected chi connectivity index (χ4v) is 1.45. The van der Waals surface area contributed by atoms with E-state index in [1.807, 2.05) is 13.0 Å². The lowest BCUT2D eigenvalue weighted by Gasteiger charge is -2.05. The fraction of sp³-hybridized carbons (Fsp3) is 0.0833. The van der Waals surface area contributed by atoms with Crippen molar-refractivity contribution in [3.63, 3.8) is 0 Å². The van der Waals surface area contributed by atoms with E-state index in [9.17, 15) is 8.78 Å². The van der Waals surface area contributed by atoms with Gasteiger partial charge in [-0.3, -0.25) is 4.98 Å². The van der Waals surface area contributed by atoms with Gasteiger partial charge < -0.3 is 0 Å². The molecule has 1 aromatic heterocycles. The van der Waals surface area contributed by atoms with Gasteiger partial charge in [0, 0.05) is 11.8 Å². The van der Waals surface area contributed by atoms with Crippen LogP contribution in [0.2, 0.25) is 0 Å². The average Bonchev–Trinajstić information content (AvgIpc) is 2.23. The highest BCUT2D eigenvalue weighted by atomic mass is 19.2. The summed E-state index contributed by atoms with van der Waals surface area (Å²) in [4.78, 5) is 4.04. The van der Waals surface area contributed by atoms with Gasteiger partial charge in [-0.25, -0.2) is 8.78 Å². The van der Waals surface area contributed by atoms with E-state index in [1.54, 1.807) is 12.3 Å². The third-order valence-corrected chi connectivity index (χ3v) is 2.22. The van der Waals surface area contributed by atoms with Crippen molar-refractivity contribution in [2.24, 2.45) is 0 Å². The molecule has 0 saturated carbocycles. The largest absolute Gasteiger partial charge is 0.256 e. The maximum atomic E-state index is 13.5. The summed E-state index contributed by atoms with van der Waals surface area (Å²) in [7, 11) is 0. The standard InChI is InChI=1S/C12H9F2N/c1-8-4-3-7-15-12(8)9-5-2-6-10(13)11(9)14/h2-7H,1H3. The van der Waals surface area contributed by atoms with Crippen LogP contribution in [0.3, 0.4) is 0 Å². The second kappa shape index (κ2) is 3.77. The summed E-state index contributed by atoms with van der Waals surface area (Å²) in [6.45, 7) is 1.81. The van der Waals surface area contributed by atoms with E-state index >= 15 is 0 Å². The van der Waals surface area contributed by atoms with E-state index in [2.05, 4.69) is 4.98 Å². The van der Waals surface area contributed by atoms with E-state index < -0.39 is 11.6 Å². The van der Waals surface area contributed by atoms with Gasteiger partial charge in [0.05, 0.1) is 5.69 Å². The Morgan fingerprint density at radius 1 is 1.07 bits per heavy atom. The first-order valence-corrected chi connectivity index (χ1v) is 4.56. The number of hydrogen-bond donors (Lipinski definition) is 0. The van der Waals surface area contributed by atoms with Crippen LogP contribution in [0.4, 0.5) is 8.78 Å². The highest BCUT2D eigenvalue weighted by Crippen LogP contribution is 2.24. The first-order valence-electron chi connectivity index (χ1n) is 4.56. The molecule has 2 rings (SSSR count). The van der Waals surface area contributed by atoms with Gasteiger partial charge in [0.15, 0.2) is 11.6 Å². The quantitative estimate of drug-likeness (QED) is 0.695. The molecule has 0 aliphatic carbocycles. The molecule has 2 aromatic rings. The molecule has 0 radical (unpaired) electrons. The number of nitrogens with zero attached hydrogens (tertiary/aromatic N) is 1. The second-order valence-electron chi connectivity index (χ2n) is 3.27. The number of aromatic nitrogens is 1. The van der Waals surface area contributed by atoms with Gasteiger partial charge in [-0.15, -0.1) is 0 Å². The zero-order valence-electron chi connectivity index (χ0n) is 8.17. The highest BCUT2D eigenvalue weighted by molar-refractivity contribution is 5.63. The molecule has 0 bridgehead atoms. The molecule has 0 N–H and O–H groups in total. The normalized spacial score (nSPS) is 10.3. The molecule has 3 heteroatoms. The summed E-state index contributed by atoms with van der Waals surface area (Å²) in [5.41, 5.74) is 1.50. The SMILES string of the molecule is Cc1cccnc1-c1cccc(F)c1F. The number of halogens is 2. The van der Waals surface area contributed by atoms with Crippen LogP contribution in [-0.2, 0) is 0 Å². The smallest absolute Gasteiger partial charge is 0.168 e. The molecule has 0 atom stereocenters. The van der Waals surface area contributed by atoms with Crippen molar-refractivity contribution in [2.75, 3.05) is 0 Å². The minimum Gasteiger partial charge on any atom is -0.256 e. The van der Waals surface area contributed by atoms with Gasteiger partial charge in [0.25, 0.3) is 0 Å². The van der Waals surface area contributed by atoms with Gasteiger partial charge in [-0.1, -0.05) is 12.1 Å². The molecule has 0 amide bonds. The van der Waals surface area contributed by atoms with Crippen molar-refractivity contribution in [1.29, 1.82) is 0 Å². The molecular formula is C12H9F2N. The summed E-state index contributed by atoms with van der Waals surface area (Å²) >= 11 is 0. The van der Waals surface area contributed by atoms with Crippen molar-refractivity contribution in [2.45, 2.75) is 6.92 Å². The molecule has 0 spiro atoms. The number of rotatable bonds is 1. The Balaban J connectivity index is 2.65. The summed E-state index contributed by atoms with van der Waals surface area (Å²) in [5, 5.41) is 0. The minimum absolute atomic E-state index is 0.202. The maximum Gasteiger partial charge on any atom is 0.168 e. The molecular weight excluding hydrogens is 196 g/mol. The van der Waals surface area contributed by atoms with E-state index in [1.165, 1.54) is 12.1 Å². The molecule has 0 aliphatic heterocycles. The molecule has 0 fully saturated rings. The molecule has 0 unspecified atom stereocenters. The topological polar surface area (TPSA) is 12.9 Å². The monoisotopic (exact) mass is 205 g/mol. The predicted molar refractivity (Wildman–Crippen MR) is 54.3 cm³/mol. The zero-order valence-corrected chi connectivity index (χ0v) is 8.17. The van der Waals surface area contributed by atoms with Gasteiger partial charge in [-0.05, 0) is 30.7 Å². The van der Waals surface area contributed by atoms with Crippen LogP contribution < -0.4 is 0 Å².